The highest BCUT2D eigenvalue weighted by atomic mass is 16.7. The minimum atomic E-state index is -1.95. The van der Waals surface area contributed by atoms with Crippen molar-refractivity contribution in [1.82, 2.24) is 46.2 Å². The maximum Gasteiger partial charge on any atom is 0.410 e. The van der Waals surface area contributed by atoms with E-state index < -0.39 is 157 Å². The van der Waals surface area contributed by atoms with E-state index in [9.17, 15) is 73.2 Å². The molecule has 0 bridgehead atoms. The number of carboxylic acid groups (broad SMARTS) is 1. The molecule has 3 heterocycles. The lowest BCUT2D eigenvalue weighted by molar-refractivity contribution is -0.307. The number of aliphatic hydroxyl groups excluding tert-OH is 3. The van der Waals surface area contributed by atoms with E-state index >= 15 is 0 Å². The first-order valence-electron chi connectivity index (χ1n) is 36.5. The summed E-state index contributed by atoms with van der Waals surface area (Å²) in [5, 5.41) is 58.1. The fraction of sp³-hybridized carbons (Fsp3) is 0.640. The third-order valence-electron chi connectivity index (χ3n) is 19.9. The van der Waals surface area contributed by atoms with Gasteiger partial charge in [0.15, 0.2) is 12.4 Å². The van der Waals surface area contributed by atoms with Crippen LogP contribution in [0, 0.1) is 29.6 Å². The molecule has 2 fully saturated rings. The van der Waals surface area contributed by atoms with Crippen LogP contribution >= 0.6 is 0 Å². The van der Waals surface area contributed by atoms with Crippen molar-refractivity contribution in [3.8, 4) is 0 Å². The standard InChI is InChI=1S/C75H115N11O20/c1-16-44(8)60(53(102-14)39-56(89)86-38-24-28-52(86)64(103-15)46(10)67(93)78-47(11)65(49-25-19-17-20-26-49)105-73-63(92)61(90)62(91)66(106-73)72(98)99)83(12)71(97)58(42(4)5)82-70(96)59(43(6)7)84(13)75(101)104-40-48-31-33-50(34-32-48)79-68(94)51(27-23-36-77-74(76)100)80-69(95)57(41(2)3)81-54(87)29-21-18-22-37-85-45(9)30-35-55(85)88/h17,19-20,25-26,30-35,41-44,46-47,51-53,57-66,73,90-92H,9,16,18,21-24,27-29,36-40H2,1-8,10-15H3,(H,78,93)(H,79,94)(H,80,95)(H,81,87)(H,82,96)(H,98,99)(H3,76,77,100). The lowest BCUT2D eigenvalue weighted by Crippen LogP contribution is -2.61. The largest absolute Gasteiger partial charge is 0.479 e. The van der Waals surface area contributed by atoms with Crippen LogP contribution in [-0.4, -0.2) is 239 Å². The Morgan fingerprint density at radius 3 is 1.97 bits per heavy atom. The Labute approximate surface area is 621 Å². The summed E-state index contributed by atoms with van der Waals surface area (Å²) in [7, 11) is 5.92. The number of unbranched alkanes of at least 4 members (excludes halogenated alkanes) is 2. The van der Waals surface area contributed by atoms with E-state index in [0.717, 1.165) is 4.90 Å². The summed E-state index contributed by atoms with van der Waals surface area (Å²) in [5.74, 6) is -7.60. The molecule has 31 heteroatoms. The predicted octanol–water partition coefficient (Wildman–Crippen LogP) is 3.98. The Hall–Kier alpha value is -8.59. The number of nitrogens with two attached hydrogens (primary N) is 1. The Morgan fingerprint density at radius 2 is 1.40 bits per heavy atom. The average molecular weight is 1490 g/mol. The van der Waals surface area contributed by atoms with Gasteiger partial charge in [0.1, 0.15) is 55.2 Å². The van der Waals surface area contributed by atoms with Gasteiger partial charge in [-0.1, -0.05) is 124 Å². The van der Waals surface area contributed by atoms with Crippen molar-refractivity contribution in [1.29, 1.82) is 0 Å². The number of hydrogen-bond acceptors (Lipinski definition) is 19. The number of likely N-dealkylation sites (N-methyl/N-ethyl adjacent to an activating group) is 2. The molecular formula is C75H115N11O20. The number of methoxy groups -OCH3 is 2. The number of ether oxygens (including phenoxy) is 5. The number of benzene rings is 2. The maximum absolute atomic E-state index is 14.9. The Bertz CT molecular complexity index is 3310. The van der Waals surface area contributed by atoms with Crippen LogP contribution in [0.25, 0.3) is 0 Å². The lowest BCUT2D eigenvalue weighted by Gasteiger charge is -2.41. The highest BCUT2D eigenvalue weighted by molar-refractivity contribution is 5.99. The first kappa shape index (κ1) is 88.0. The van der Waals surface area contributed by atoms with Gasteiger partial charge in [-0.25, -0.2) is 14.4 Å². The number of likely N-dealkylation sites (tertiary alicyclic amines) is 1. The second-order valence-corrected chi connectivity index (χ2v) is 28.8. The Kier molecular flexibility index (Phi) is 35.0. The zero-order chi connectivity index (χ0) is 79.0. The molecule has 2 saturated heterocycles. The van der Waals surface area contributed by atoms with E-state index in [1.165, 1.54) is 32.2 Å². The summed E-state index contributed by atoms with van der Waals surface area (Å²) >= 11 is 0. The van der Waals surface area contributed by atoms with Crippen LogP contribution < -0.4 is 37.6 Å². The second kappa shape index (κ2) is 42.1. The van der Waals surface area contributed by atoms with Crippen molar-refractivity contribution in [2.45, 2.75) is 231 Å². The summed E-state index contributed by atoms with van der Waals surface area (Å²) in [4.78, 5) is 154. The molecule has 0 spiro atoms. The van der Waals surface area contributed by atoms with E-state index in [4.69, 9.17) is 29.4 Å². The number of anilines is 1. The summed E-state index contributed by atoms with van der Waals surface area (Å²) in [6, 6.07) is 7.65. The number of carboxylic acids is 1. The number of urea groups is 1. The molecular weight excluding hydrogens is 1370 g/mol. The smallest absolute Gasteiger partial charge is 0.410 e. The van der Waals surface area contributed by atoms with Crippen LogP contribution in [0.15, 0.2) is 79.0 Å². The molecule has 0 saturated carbocycles. The molecule has 12 N–H and O–H groups in total. The monoisotopic (exact) mass is 1490 g/mol. The molecule has 106 heavy (non-hydrogen) atoms. The summed E-state index contributed by atoms with van der Waals surface area (Å²) in [6.07, 6.45) is -6.16. The van der Waals surface area contributed by atoms with Gasteiger partial charge in [-0.2, -0.15) is 0 Å². The van der Waals surface area contributed by atoms with Crippen LogP contribution in [0.2, 0.25) is 0 Å². The first-order chi connectivity index (χ1) is 50.1. The molecule has 0 radical (unpaired) electrons. The van der Waals surface area contributed by atoms with Crippen molar-refractivity contribution in [2.24, 2.45) is 35.3 Å². The molecule has 11 amide bonds. The number of aliphatic carboxylic acids is 1. The van der Waals surface area contributed by atoms with Crippen LogP contribution in [0.4, 0.5) is 15.3 Å². The van der Waals surface area contributed by atoms with Gasteiger partial charge in [0.25, 0.3) is 5.91 Å². The molecule has 0 aliphatic carbocycles. The molecule has 0 aromatic heterocycles. The number of aliphatic hydroxyl groups is 3. The van der Waals surface area contributed by atoms with Gasteiger partial charge in [-0.05, 0) is 98.5 Å². The van der Waals surface area contributed by atoms with Crippen molar-refractivity contribution < 1.29 is 96.9 Å². The van der Waals surface area contributed by atoms with Gasteiger partial charge < -0.3 is 96.4 Å². The fourth-order valence-corrected chi connectivity index (χ4v) is 13.6. The molecule has 31 nitrogen and oxygen atoms in total. The lowest BCUT2D eigenvalue weighted by atomic mass is 9.89. The van der Waals surface area contributed by atoms with E-state index in [1.807, 2.05) is 13.8 Å². The molecule has 17 unspecified atom stereocenters. The van der Waals surface area contributed by atoms with Crippen LogP contribution in [0.1, 0.15) is 151 Å². The average Bonchev–Trinajstić information content (AvgIpc) is 1.05. The number of nitrogens with one attached hydrogen (secondary N) is 6. The van der Waals surface area contributed by atoms with Crippen molar-refractivity contribution in [3.05, 3.63) is 90.2 Å². The summed E-state index contributed by atoms with van der Waals surface area (Å²) < 4.78 is 29.4. The topological polar surface area (TPSA) is 426 Å². The number of nitrogens with zero attached hydrogens (tertiary/aromatic N) is 4. The fourth-order valence-electron chi connectivity index (χ4n) is 13.6. The molecule has 2 aromatic carbocycles. The van der Waals surface area contributed by atoms with E-state index in [-0.39, 0.29) is 68.4 Å². The van der Waals surface area contributed by atoms with Gasteiger partial charge in [0, 0.05) is 71.8 Å². The first-order valence-corrected chi connectivity index (χ1v) is 36.5. The number of primary amides is 1. The number of carbonyl (C=O) groups is 11. The van der Waals surface area contributed by atoms with Crippen molar-refractivity contribution in [3.63, 3.8) is 0 Å². The highest BCUT2D eigenvalue weighted by Crippen LogP contribution is 2.33. The van der Waals surface area contributed by atoms with Gasteiger partial charge in [-0.3, -0.25) is 43.3 Å². The van der Waals surface area contributed by atoms with E-state index in [2.05, 4.69) is 38.5 Å². The number of allylic oxidation sites excluding steroid dienone is 1. The molecule has 2 aromatic rings. The highest BCUT2D eigenvalue weighted by Gasteiger charge is 2.50. The second-order valence-electron chi connectivity index (χ2n) is 28.8. The van der Waals surface area contributed by atoms with Gasteiger partial charge in [-0.15, -0.1) is 0 Å². The van der Waals surface area contributed by atoms with Crippen LogP contribution in [-0.2, 0) is 73.4 Å². The number of rotatable bonds is 41. The zero-order valence-corrected chi connectivity index (χ0v) is 63.7. The molecule has 3 aliphatic heterocycles. The molecule has 5 rings (SSSR count). The van der Waals surface area contributed by atoms with Gasteiger partial charge in [0.2, 0.25) is 41.4 Å². The minimum Gasteiger partial charge on any atom is -0.479 e. The van der Waals surface area contributed by atoms with E-state index in [1.54, 1.807) is 133 Å². The van der Waals surface area contributed by atoms with Crippen LogP contribution in [0.3, 0.4) is 0 Å². The van der Waals surface area contributed by atoms with Crippen LogP contribution in [0.5, 0.6) is 0 Å². The van der Waals surface area contributed by atoms with Crippen molar-refractivity contribution >= 4 is 71.0 Å². The number of amides is 11. The van der Waals surface area contributed by atoms with Gasteiger partial charge >= 0.3 is 18.1 Å². The molecule has 590 valence electrons. The Balaban J connectivity index is 1.19. The third-order valence-corrected chi connectivity index (χ3v) is 19.9. The predicted molar refractivity (Wildman–Crippen MR) is 391 cm³/mol. The molecule has 3 aliphatic rings. The van der Waals surface area contributed by atoms with Gasteiger partial charge in [0.05, 0.1) is 42.7 Å². The van der Waals surface area contributed by atoms with E-state index in [0.29, 0.717) is 74.1 Å². The van der Waals surface area contributed by atoms with Crippen molar-refractivity contribution in [2.75, 3.05) is 53.3 Å². The maximum atomic E-state index is 14.9. The summed E-state index contributed by atoms with van der Waals surface area (Å²) in [6.45, 7) is 22.3. The zero-order valence-electron chi connectivity index (χ0n) is 63.7. The number of hydrogen-bond donors (Lipinski definition) is 11. The normalized spacial score (nSPS) is 21.1. The molecule has 17 atom stereocenters. The Morgan fingerprint density at radius 1 is 0.736 bits per heavy atom. The number of carbonyl (C=O) groups excluding carboxylic acids is 10. The summed E-state index contributed by atoms with van der Waals surface area (Å²) in [5.41, 5.74) is 7.22. The SMILES string of the molecule is C=C1C=CC(=O)N1CCCCCC(=O)NC(C(=O)NC(CCCNC(N)=O)C(=O)Nc1ccc(COC(=O)N(C)C(C(=O)NC(C(=O)N(C)C(C(C)CC)C(CC(=O)N2CCCC2C(OC)C(C)C(=O)NC(C)C(OC2OC(C(=O)O)C(O)C(O)C2O)c2ccccc2)OC)C(C)C)C(C)C)cc1)C(C)C. The third kappa shape index (κ3) is 24.5. The quantitative estimate of drug-likeness (QED) is 0.0419. The minimum absolute atomic E-state index is 0.0845.